The summed E-state index contributed by atoms with van der Waals surface area (Å²) in [6.07, 6.45) is 4.40. The largest absolute Gasteiger partial charge is 0.395 e. The van der Waals surface area contributed by atoms with Crippen molar-refractivity contribution in [2.75, 3.05) is 31.6 Å². The highest BCUT2D eigenvalue weighted by atomic mass is 35.5. The lowest BCUT2D eigenvalue weighted by Crippen LogP contribution is -2.34. The zero-order valence-corrected chi connectivity index (χ0v) is 13.5. The number of aromatic nitrogens is 1. The van der Waals surface area contributed by atoms with E-state index in [-0.39, 0.29) is 12.5 Å². The number of unbranched alkanes of at least 4 members (excludes halogenated alkanes) is 1. The van der Waals surface area contributed by atoms with Crippen LogP contribution >= 0.6 is 11.6 Å². The number of halogens is 1. The van der Waals surface area contributed by atoms with Crippen molar-refractivity contribution in [3.05, 3.63) is 22.8 Å². The predicted octanol–water partition coefficient (Wildman–Crippen LogP) is 2.79. The molecule has 0 aromatic carbocycles. The first-order chi connectivity index (χ1) is 10.1. The Morgan fingerprint density at radius 3 is 2.71 bits per heavy atom. The third kappa shape index (κ3) is 5.52. The Morgan fingerprint density at radius 1 is 1.38 bits per heavy atom. The van der Waals surface area contributed by atoms with E-state index in [1.54, 1.807) is 11.0 Å². The highest BCUT2D eigenvalue weighted by Crippen LogP contribution is 2.21. The molecule has 0 aliphatic carbocycles. The molecule has 1 rings (SSSR count). The van der Waals surface area contributed by atoms with Crippen LogP contribution < -0.4 is 5.32 Å². The number of hydrogen-bond donors (Lipinski definition) is 2. The van der Waals surface area contributed by atoms with Crippen molar-refractivity contribution >= 4 is 23.3 Å². The molecule has 5 nitrogen and oxygen atoms in total. The number of pyridine rings is 1. The molecule has 6 heteroatoms. The third-order valence-corrected chi connectivity index (χ3v) is 3.36. The average molecular weight is 314 g/mol. The van der Waals surface area contributed by atoms with Crippen molar-refractivity contribution in [1.29, 1.82) is 0 Å². The number of rotatable bonds is 9. The second kappa shape index (κ2) is 9.58. The maximum Gasteiger partial charge on any atom is 0.255 e. The van der Waals surface area contributed by atoms with Gasteiger partial charge in [-0.2, -0.15) is 0 Å². The molecule has 1 heterocycles. The van der Waals surface area contributed by atoms with Crippen LogP contribution in [0.4, 0.5) is 5.82 Å². The molecule has 0 radical (unpaired) electrons. The lowest BCUT2D eigenvalue weighted by molar-refractivity contribution is 0.0719. The Bertz CT molecular complexity index is 455. The topological polar surface area (TPSA) is 65.5 Å². The van der Waals surface area contributed by atoms with E-state index in [1.807, 2.05) is 0 Å². The van der Waals surface area contributed by atoms with Crippen LogP contribution in [-0.4, -0.2) is 47.1 Å². The molecular weight excluding hydrogens is 290 g/mol. The first-order valence-corrected chi connectivity index (χ1v) is 7.81. The van der Waals surface area contributed by atoms with E-state index in [0.717, 1.165) is 25.8 Å². The van der Waals surface area contributed by atoms with E-state index >= 15 is 0 Å². The molecule has 1 aromatic rings. The quantitative estimate of drug-likeness (QED) is 0.736. The summed E-state index contributed by atoms with van der Waals surface area (Å²) < 4.78 is 0. The van der Waals surface area contributed by atoms with Crippen molar-refractivity contribution in [2.45, 2.75) is 33.1 Å². The van der Waals surface area contributed by atoms with E-state index in [1.165, 1.54) is 6.20 Å². The molecule has 1 amide bonds. The van der Waals surface area contributed by atoms with E-state index in [2.05, 4.69) is 24.1 Å². The Hall–Kier alpha value is -1.33. The zero-order chi connectivity index (χ0) is 15.7. The van der Waals surface area contributed by atoms with Gasteiger partial charge in [-0.25, -0.2) is 4.98 Å². The standard InChI is InChI=1S/C15H24ClN3O2/c1-3-5-7-19(8-9-20)15(21)12-10-13(16)14(18-11-12)17-6-4-2/h10-11,20H,3-9H2,1-2H3,(H,17,18). The minimum Gasteiger partial charge on any atom is -0.395 e. The monoisotopic (exact) mass is 313 g/mol. The number of anilines is 1. The van der Waals surface area contributed by atoms with Crippen LogP contribution in [0.1, 0.15) is 43.5 Å². The summed E-state index contributed by atoms with van der Waals surface area (Å²) in [6, 6.07) is 1.63. The summed E-state index contributed by atoms with van der Waals surface area (Å²) in [6.45, 7) is 5.81. The molecule has 0 saturated carbocycles. The minimum atomic E-state index is -0.144. The fourth-order valence-electron chi connectivity index (χ4n) is 1.90. The van der Waals surface area contributed by atoms with E-state index in [4.69, 9.17) is 16.7 Å². The van der Waals surface area contributed by atoms with E-state index in [0.29, 0.717) is 29.5 Å². The van der Waals surface area contributed by atoms with Gasteiger partial charge in [-0.1, -0.05) is 31.9 Å². The van der Waals surface area contributed by atoms with Crippen LogP contribution in [0.3, 0.4) is 0 Å². The normalized spacial score (nSPS) is 10.5. The number of aliphatic hydroxyl groups excluding tert-OH is 1. The average Bonchev–Trinajstić information content (AvgIpc) is 2.49. The van der Waals surface area contributed by atoms with Gasteiger partial charge in [0.05, 0.1) is 17.2 Å². The molecule has 0 bridgehead atoms. The van der Waals surface area contributed by atoms with Crippen LogP contribution in [0.15, 0.2) is 12.3 Å². The van der Waals surface area contributed by atoms with Gasteiger partial charge in [-0.15, -0.1) is 0 Å². The highest BCUT2D eigenvalue weighted by molar-refractivity contribution is 6.33. The van der Waals surface area contributed by atoms with Gasteiger partial charge in [-0.05, 0) is 18.9 Å². The first-order valence-electron chi connectivity index (χ1n) is 7.43. The summed E-state index contributed by atoms with van der Waals surface area (Å²) in [5, 5.41) is 12.6. The maximum absolute atomic E-state index is 12.4. The molecule has 21 heavy (non-hydrogen) atoms. The number of nitrogens with one attached hydrogen (secondary N) is 1. The third-order valence-electron chi connectivity index (χ3n) is 3.07. The number of nitrogens with zero attached hydrogens (tertiary/aromatic N) is 2. The van der Waals surface area contributed by atoms with Gasteiger partial charge in [0.2, 0.25) is 0 Å². The summed E-state index contributed by atoms with van der Waals surface area (Å²) in [5.74, 6) is 0.450. The van der Waals surface area contributed by atoms with Gasteiger partial charge < -0.3 is 15.3 Å². The minimum absolute atomic E-state index is 0.0489. The van der Waals surface area contributed by atoms with Crippen molar-refractivity contribution in [2.24, 2.45) is 0 Å². The summed E-state index contributed by atoms with van der Waals surface area (Å²) in [5.41, 5.74) is 0.451. The van der Waals surface area contributed by atoms with E-state index < -0.39 is 0 Å². The maximum atomic E-state index is 12.4. The SMILES string of the molecule is CCCCN(CCO)C(=O)c1cnc(NCCC)c(Cl)c1. The van der Waals surface area contributed by atoms with Gasteiger partial charge in [0.1, 0.15) is 5.82 Å². The number of aliphatic hydroxyl groups is 1. The summed E-state index contributed by atoms with van der Waals surface area (Å²) in [4.78, 5) is 18.3. The lowest BCUT2D eigenvalue weighted by Gasteiger charge is -2.21. The van der Waals surface area contributed by atoms with Gasteiger partial charge in [0.15, 0.2) is 0 Å². The van der Waals surface area contributed by atoms with Crippen LogP contribution in [0, 0.1) is 0 Å². The van der Waals surface area contributed by atoms with E-state index in [9.17, 15) is 4.79 Å². The fraction of sp³-hybridized carbons (Fsp3) is 0.600. The lowest BCUT2D eigenvalue weighted by atomic mass is 10.2. The molecule has 0 atom stereocenters. The Labute approximate surface area is 131 Å². The zero-order valence-electron chi connectivity index (χ0n) is 12.7. The van der Waals surface area contributed by atoms with Gasteiger partial charge in [0.25, 0.3) is 5.91 Å². The molecule has 0 saturated heterocycles. The molecule has 0 spiro atoms. The fourth-order valence-corrected chi connectivity index (χ4v) is 2.13. The van der Waals surface area contributed by atoms with Crippen LogP contribution in [-0.2, 0) is 0 Å². The van der Waals surface area contributed by atoms with Crippen LogP contribution in [0.5, 0.6) is 0 Å². The molecule has 2 N–H and O–H groups in total. The molecule has 0 aliphatic heterocycles. The summed E-state index contributed by atoms with van der Waals surface area (Å²) >= 11 is 6.15. The molecule has 0 aliphatic rings. The molecule has 118 valence electrons. The van der Waals surface area contributed by atoms with Crippen LogP contribution in [0.25, 0.3) is 0 Å². The van der Waals surface area contributed by atoms with Gasteiger partial charge >= 0.3 is 0 Å². The Balaban J connectivity index is 2.82. The first kappa shape index (κ1) is 17.7. The number of carbonyl (C=O) groups excluding carboxylic acids is 1. The number of hydrogen-bond acceptors (Lipinski definition) is 4. The van der Waals surface area contributed by atoms with Crippen molar-refractivity contribution in [1.82, 2.24) is 9.88 Å². The Kier molecular flexibility index (Phi) is 8.08. The molecular formula is C15H24ClN3O2. The number of carbonyl (C=O) groups is 1. The second-order valence-electron chi connectivity index (χ2n) is 4.85. The molecule has 0 unspecified atom stereocenters. The second-order valence-corrected chi connectivity index (χ2v) is 5.26. The van der Waals surface area contributed by atoms with Gasteiger partial charge in [-0.3, -0.25) is 4.79 Å². The molecule has 1 aromatic heterocycles. The van der Waals surface area contributed by atoms with Gasteiger partial charge in [0, 0.05) is 25.8 Å². The summed E-state index contributed by atoms with van der Waals surface area (Å²) in [7, 11) is 0. The van der Waals surface area contributed by atoms with Crippen molar-refractivity contribution < 1.29 is 9.90 Å². The Morgan fingerprint density at radius 2 is 2.14 bits per heavy atom. The molecule has 0 fully saturated rings. The smallest absolute Gasteiger partial charge is 0.255 e. The van der Waals surface area contributed by atoms with Crippen molar-refractivity contribution in [3.63, 3.8) is 0 Å². The van der Waals surface area contributed by atoms with Crippen LogP contribution in [0.2, 0.25) is 5.02 Å². The predicted molar refractivity (Wildman–Crippen MR) is 85.9 cm³/mol. The van der Waals surface area contributed by atoms with Crippen molar-refractivity contribution in [3.8, 4) is 0 Å². The number of amides is 1. The highest BCUT2D eigenvalue weighted by Gasteiger charge is 2.16.